The number of morpholine rings is 1. The first-order chi connectivity index (χ1) is 12.3. The molecule has 4 rings (SSSR count). The molecule has 6 nitrogen and oxygen atoms in total. The van der Waals surface area contributed by atoms with Crippen LogP contribution in [0.3, 0.4) is 0 Å². The van der Waals surface area contributed by atoms with E-state index in [1.54, 1.807) is 0 Å². The normalized spacial score (nSPS) is 23.9. The maximum Gasteiger partial charge on any atom is 0.227 e. The Hall–Kier alpha value is -1.47. The van der Waals surface area contributed by atoms with Crippen molar-refractivity contribution in [1.29, 1.82) is 0 Å². The molecule has 7 heteroatoms. The van der Waals surface area contributed by atoms with Crippen LogP contribution in [-0.2, 0) is 4.74 Å². The molecule has 138 valence electrons. The quantitative estimate of drug-likeness (QED) is 0.896. The summed E-state index contributed by atoms with van der Waals surface area (Å²) in [4.78, 5) is 13.0. The number of anilines is 2. The average Bonchev–Trinajstić information content (AvgIpc) is 2.70. The lowest BCUT2D eigenvalue weighted by atomic mass is 9.79. The molecule has 0 radical (unpaired) electrons. The zero-order valence-corrected chi connectivity index (χ0v) is 14.8. The van der Waals surface area contributed by atoms with E-state index in [0.717, 1.165) is 38.0 Å². The van der Waals surface area contributed by atoms with Gasteiger partial charge in [0.25, 0.3) is 0 Å². The highest BCUT2D eigenvalue weighted by atomic mass is 19.1. The van der Waals surface area contributed by atoms with E-state index in [2.05, 4.69) is 20.2 Å². The number of ether oxygens (including phenoxy) is 1. The molecule has 0 aliphatic carbocycles. The molecule has 25 heavy (non-hydrogen) atoms. The van der Waals surface area contributed by atoms with Crippen LogP contribution in [0, 0.1) is 17.7 Å². The average molecular weight is 349 g/mol. The largest absolute Gasteiger partial charge is 0.378 e. The molecule has 0 saturated carbocycles. The molecule has 3 fully saturated rings. The lowest BCUT2D eigenvalue weighted by Crippen LogP contribution is -2.41. The second-order valence-corrected chi connectivity index (χ2v) is 7.35. The maximum absolute atomic E-state index is 14.2. The third-order valence-electron chi connectivity index (χ3n) is 5.90. The van der Waals surface area contributed by atoms with Gasteiger partial charge < -0.3 is 19.9 Å². The summed E-state index contributed by atoms with van der Waals surface area (Å²) in [7, 11) is 0. The van der Waals surface area contributed by atoms with Gasteiger partial charge in [-0.3, -0.25) is 0 Å². The van der Waals surface area contributed by atoms with Crippen molar-refractivity contribution in [3.63, 3.8) is 0 Å². The first kappa shape index (κ1) is 17.0. The molecule has 3 saturated heterocycles. The third-order valence-corrected chi connectivity index (χ3v) is 5.90. The summed E-state index contributed by atoms with van der Waals surface area (Å²) < 4.78 is 19.5. The third kappa shape index (κ3) is 3.87. The summed E-state index contributed by atoms with van der Waals surface area (Å²) in [6.45, 7) is 6.90. The Morgan fingerprint density at radius 2 is 1.64 bits per heavy atom. The molecule has 0 aromatic carbocycles. The van der Waals surface area contributed by atoms with Crippen molar-refractivity contribution in [2.24, 2.45) is 11.8 Å². The van der Waals surface area contributed by atoms with E-state index in [-0.39, 0.29) is 5.82 Å². The van der Waals surface area contributed by atoms with Crippen LogP contribution in [0.2, 0.25) is 0 Å². The Balaban J connectivity index is 1.40. The van der Waals surface area contributed by atoms with E-state index in [4.69, 9.17) is 4.74 Å². The van der Waals surface area contributed by atoms with E-state index < -0.39 is 0 Å². The SMILES string of the molecule is Fc1cnc(N2CCC(C3CCNCC3)CC2)nc1N1CCOCC1. The van der Waals surface area contributed by atoms with Gasteiger partial charge in [-0.05, 0) is 50.6 Å². The fourth-order valence-electron chi connectivity index (χ4n) is 4.38. The summed E-state index contributed by atoms with van der Waals surface area (Å²) >= 11 is 0. The number of hydrogen-bond donors (Lipinski definition) is 1. The molecular weight excluding hydrogens is 321 g/mol. The molecule has 0 unspecified atom stereocenters. The van der Waals surface area contributed by atoms with Gasteiger partial charge >= 0.3 is 0 Å². The number of hydrogen-bond acceptors (Lipinski definition) is 6. The van der Waals surface area contributed by atoms with E-state index in [1.165, 1.54) is 31.9 Å². The van der Waals surface area contributed by atoms with E-state index >= 15 is 0 Å². The van der Waals surface area contributed by atoms with Crippen molar-refractivity contribution in [2.45, 2.75) is 25.7 Å². The van der Waals surface area contributed by atoms with Crippen LogP contribution >= 0.6 is 0 Å². The van der Waals surface area contributed by atoms with Crippen molar-refractivity contribution in [3.8, 4) is 0 Å². The first-order valence-corrected chi connectivity index (χ1v) is 9.62. The molecular formula is C18H28FN5O. The first-order valence-electron chi connectivity index (χ1n) is 9.62. The standard InChI is InChI=1S/C18H28FN5O/c19-16-13-21-18(22-17(16)23-9-11-25-12-10-23)24-7-3-15(4-8-24)14-1-5-20-6-2-14/h13-15,20H,1-12H2. The van der Waals surface area contributed by atoms with Crippen LogP contribution < -0.4 is 15.1 Å². The zero-order valence-electron chi connectivity index (χ0n) is 14.8. The molecule has 4 heterocycles. The van der Waals surface area contributed by atoms with Crippen molar-refractivity contribution in [3.05, 3.63) is 12.0 Å². The highest BCUT2D eigenvalue weighted by Crippen LogP contribution is 2.32. The minimum absolute atomic E-state index is 0.338. The number of nitrogens with zero attached hydrogens (tertiary/aromatic N) is 4. The van der Waals surface area contributed by atoms with Gasteiger partial charge in [-0.15, -0.1) is 0 Å². The predicted molar refractivity (Wildman–Crippen MR) is 95.6 cm³/mol. The molecule has 1 aromatic rings. The number of aromatic nitrogens is 2. The second kappa shape index (κ2) is 7.83. The Bertz CT molecular complexity index is 567. The lowest BCUT2D eigenvalue weighted by molar-refractivity contribution is 0.122. The van der Waals surface area contributed by atoms with Gasteiger partial charge in [0.15, 0.2) is 11.6 Å². The number of piperidine rings is 2. The predicted octanol–water partition coefficient (Wildman–Crippen LogP) is 1.67. The van der Waals surface area contributed by atoms with Crippen molar-refractivity contribution >= 4 is 11.8 Å². The maximum atomic E-state index is 14.2. The van der Waals surface area contributed by atoms with Gasteiger partial charge in [-0.2, -0.15) is 4.98 Å². The summed E-state index contributed by atoms with van der Waals surface area (Å²) in [5.74, 6) is 2.44. The van der Waals surface area contributed by atoms with Gasteiger partial charge in [0.05, 0.1) is 19.4 Å². The van der Waals surface area contributed by atoms with Gasteiger partial charge in [0.1, 0.15) is 0 Å². The Morgan fingerprint density at radius 1 is 0.960 bits per heavy atom. The van der Waals surface area contributed by atoms with Gasteiger partial charge in [-0.25, -0.2) is 9.37 Å². The molecule has 3 aliphatic rings. The molecule has 1 aromatic heterocycles. The smallest absolute Gasteiger partial charge is 0.227 e. The number of halogens is 1. The number of nitrogens with one attached hydrogen (secondary N) is 1. The highest BCUT2D eigenvalue weighted by molar-refractivity contribution is 5.45. The van der Waals surface area contributed by atoms with Crippen LogP contribution in [0.25, 0.3) is 0 Å². The Kier molecular flexibility index (Phi) is 5.31. The molecule has 1 N–H and O–H groups in total. The van der Waals surface area contributed by atoms with E-state index in [1.807, 2.05) is 4.90 Å². The fourth-order valence-corrected chi connectivity index (χ4v) is 4.38. The van der Waals surface area contributed by atoms with Crippen molar-refractivity contribution in [1.82, 2.24) is 15.3 Å². The number of rotatable bonds is 3. The Labute approximate surface area is 148 Å². The van der Waals surface area contributed by atoms with Crippen LogP contribution in [0.5, 0.6) is 0 Å². The van der Waals surface area contributed by atoms with Crippen molar-refractivity contribution in [2.75, 3.05) is 62.3 Å². The van der Waals surface area contributed by atoms with Gasteiger partial charge in [-0.1, -0.05) is 0 Å². The van der Waals surface area contributed by atoms with Gasteiger partial charge in [0, 0.05) is 26.2 Å². The topological polar surface area (TPSA) is 53.5 Å². The van der Waals surface area contributed by atoms with Crippen LogP contribution in [-0.4, -0.2) is 62.5 Å². The monoisotopic (exact) mass is 349 g/mol. The highest BCUT2D eigenvalue weighted by Gasteiger charge is 2.29. The van der Waals surface area contributed by atoms with Gasteiger partial charge in [0.2, 0.25) is 5.95 Å². The Morgan fingerprint density at radius 3 is 2.36 bits per heavy atom. The summed E-state index contributed by atoms with van der Waals surface area (Å²) in [5, 5.41) is 3.45. The molecule has 0 amide bonds. The summed E-state index contributed by atoms with van der Waals surface area (Å²) in [6.07, 6.45) is 6.32. The fraction of sp³-hybridized carbons (Fsp3) is 0.778. The van der Waals surface area contributed by atoms with E-state index in [9.17, 15) is 4.39 Å². The molecule has 0 bridgehead atoms. The lowest BCUT2D eigenvalue weighted by Gasteiger charge is -2.38. The zero-order chi connectivity index (χ0) is 17.1. The molecule has 0 spiro atoms. The molecule has 3 aliphatic heterocycles. The van der Waals surface area contributed by atoms with Crippen LogP contribution in [0.4, 0.5) is 16.2 Å². The minimum atomic E-state index is -0.338. The second-order valence-electron chi connectivity index (χ2n) is 7.35. The van der Waals surface area contributed by atoms with Crippen molar-refractivity contribution < 1.29 is 9.13 Å². The summed E-state index contributed by atoms with van der Waals surface area (Å²) in [5.41, 5.74) is 0. The summed E-state index contributed by atoms with van der Waals surface area (Å²) in [6, 6.07) is 0. The van der Waals surface area contributed by atoms with Crippen LogP contribution in [0.1, 0.15) is 25.7 Å². The van der Waals surface area contributed by atoms with E-state index in [0.29, 0.717) is 38.1 Å². The van der Waals surface area contributed by atoms with Crippen LogP contribution in [0.15, 0.2) is 6.20 Å². The minimum Gasteiger partial charge on any atom is -0.378 e. The molecule has 0 atom stereocenters.